The number of nitrogens with one attached hydrogen (secondary N) is 2. The molecule has 7 nitrogen and oxygen atoms in total. The van der Waals surface area contributed by atoms with E-state index in [1.165, 1.54) is 0 Å². The first-order valence-corrected chi connectivity index (χ1v) is 8.77. The Morgan fingerprint density at radius 1 is 1.50 bits per heavy atom. The third kappa shape index (κ3) is 3.66. The van der Waals surface area contributed by atoms with E-state index in [0.29, 0.717) is 5.82 Å². The molecule has 0 bridgehead atoms. The van der Waals surface area contributed by atoms with E-state index in [4.69, 9.17) is 0 Å². The van der Waals surface area contributed by atoms with Crippen molar-refractivity contribution in [3.8, 4) is 11.3 Å². The molecule has 1 aliphatic rings. The number of hydrogen-bond acceptors (Lipinski definition) is 5. The summed E-state index contributed by atoms with van der Waals surface area (Å²) >= 11 is 0. The minimum atomic E-state index is 0.000935. The smallest absolute Gasteiger partial charge is 0.228 e. The highest BCUT2D eigenvalue weighted by molar-refractivity contribution is 5.85. The Morgan fingerprint density at radius 3 is 2.85 bits per heavy atom. The number of rotatable bonds is 7. The van der Waals surface area contributed by atoms with E-state index < -0.39 is 0 Å². The fraction of sp³-hybridized carbons (Fsp3) is 0.368. The lowest BCUT2D eigenvalue weighted by molar-refractivity contribution is -0.121. The van der Waals surface area contributed by atoms with Crippen LogP contribution in [0.1, 0.15) is 30.9 Å². The Bertz CT molecular complexity index is 863. The zero-order valence-corrected chi connectivity index (χ0v) is 15.4. The van der Waals surface area contributed by atoms with Crippen LogP contribution in [0.15, 0.2) is 29.3 Å². The normalized spacial score (nSPS) is 14.2. The van der Waals surface area contributed by atoms with E-state index in [9.17, 15) is 4.79 Å². The van der Waals surface area contributed by atoms with Gasteiger partial charge in [-0.15, -0.1) is 0 Å². The molecule has 0 spiro atoms. The second-order valence-corrected chi connectivity index (χ2v) is 6.32. The van der Waals surface area contributed by atoms with Crippen molar-refractivity contribution in [3.05, 3.63) is 35.4 Å². The van der Waals surface area contributed by atoms with E-state index in [0.717, 1.165) is 47.6 Å². The van der Waals surface area contributed by atoms with Gasteiger partial charge in [0.15, 0.2) is 0 Å². The number of nitrogens with zero attached hydrogens (tertiary/aromatic N) is 4. The zero-order valence-electron chi connectivity index (χ0n) is 15.4. The lowest BCUT2D eigenvalue weighted by Gasteiger charge is -2.13. The van der Waals surface area contributed by atoms with Gasteiger partial charge in [0, 0.05) is 37.5 Å². The van der Waals surface area contributed by atoms with E-state index in [1.54, 1.807) is 6.20 Å². The van der Waals surface area contributed by atoms with Gasteiger partial charge in [0.25, 0.3) is 0 Å². The van der Waals surface area contributed by atoms with Gasteiger partial charge >= 0.3 is 0 Å². The molecule has 2 N–H and O–H groups in total. The Morgan fingerprint density at radius 2 is 2.27 bits per heavy atom. The van der Waals surface area contributed by atoms with Gasteiger partial charge in [0.1, 0.15) is 11.6 Å². The van der Waals surface area contributed by atoms with E-state index in [1.807, 2.05) is 43.9 Å². The van der Waals surface area contributed by atoms with E-state index >= 15 is 0 Å². The van der Waals surface area contributed by atoms with Crippen molar-refractivity contribution in [1.29, 1.82) is 0 Å². The molecule has 1 amide bonds. The summed E-state index contributed by atoms with van der Waals surface area (Å²) in [4.78, 5) is 20.6. The summed E-state index contributed by atoms with van der Waals surface area (Å²) in [5.41, 5.74) is 3.57. The third-order valence-electron chi connectivity index (χ3n) is 4.50. The minimum absolute atomic E-state index is 0.000935. The highest BCUT2D eigenvalue weighted by Crippen LogP contribution is 2.31. The van der Waals surface area contributed by atoms with Gasteiger partial charge in [0.05, 0.1) is 5.69 Å². The van der Waals surface area contributed by atoms with Crippen LogP contribution < -0.4 is 10.6 Å². The first-order chi connectivity index (χ1) is 12.6. The van der Waals surface area contributed by atoms with Crippen molar-refractivity contribution in [2.75, 3.05) is 12.4 Å². The van der Waals surface area contributed by atoms with Crippen LogP contribution in [0.5, 0.6) is 0 Å². The summed E-state index contributed by atoms with van der Waals surface area (Å²) in [5.74, 6) is 1.31. The maximum atomic E-state index is 12.1. The molecule has 0 unspecified atom stereocenters. The quantitative estimate of drug-likeness (QED) is 0.751. The number of carbonyl (C=O) groups excluding carboxylic acids is 1. The predicted molar refractivity (Wildman–Crippen MR) is 104 cm³/mol. The average molecular weight is 352 g/mol. The van der Waals surface area contributed by atoms with E-state index in [2.05, 4.69) is 32.4 Å². The number of aryl methyl sites for hydroxylation is 1. The summed E-state index contributed by atoms with van der Waals surface area (Å²) in [6, 6.07) is 1.96. The van der Waals surface area contributed by atoms with E-state index in [-0.39, 0.29) is 11.8 Å². The molecule has 0 aromatic carbocycles. The van der Waals surface area contributed by atoms with Crippen LogP contribution in [0.2, 0.25) is 0 Å². The van der Waals surface area contributed by atoms with Gasteiger partial charge in [-0.1, -0.05) is 0 Å². The molecule has 1 fully saturated rings. The predicted octanol–water partition coefficient (Wildman–Crippen LogP) is 2.84. The number of aromatic nitrogens is 3. The molecular weight excluding hydrogens is 328 g/mol. The summed E-state index contributed by atoms with van der Waals surface area (Å²) in [6.45, 7) is 8.41. The number of anilines is 1. The molecule has 0 atom stereocenters. The average Bonchev–Trinajstić information content (AvgIpc) is 3.40. The molecule has 0 aliphatic heterocycles. The first kappa shape index (κ1) is 17.8. The van der Waals surface area contributed by atoms with Crippen molar-refractivity contribution in [2.45, 2.75) is 33.2 Å². The number of carbonyl (C=O) groups is 1. The van der Waals surface area contributed by atoms with Crippen molar-refractivity contribution < 1.29 is 4.79 Å². The topological polar surface area (TPSA) is 84.2 Å². The molecular formula is C19H24N6O. The van der Waals surface area contributed by atoms with Crippen molar-refractivity contribution >= 4 is 24.5 Å². The number of pyridine rings is 1. The van der Waals surface area contributed by atoms with Gasteiger partial charge in [-0.3, -0.25) is 9.48 Å². The highest BCUT2D eigenvalue weighted by Gasteiger charge is 2.30. The molecule has 1 aliphatic carbocycles. The Balaban J connectivity index is 2.05. The molecule has 0 saturated heterocycles. The largest absolute Gasteiger partial charge is 0.373 e. The van der Waals surface area contributed by atoms with Gasteiger partial charge in [-0.05, 0) is 56.7 Å². The van der Waals surface area contributed by atoms with Crippen LogP contribution in [0.4, 0.5) is 5.82 Å². The Hall–Kier alpha value is -2.96. The number of amides is 1. The molecule has 7 heteroatoms. The maximum Gasteiger partial charge on any atom is 0.228 e. The first-order valence-electron chi connectivity index (χ1n) is 8.77. The van der Waals surface area contributed by atoms with Crippen LogP contribution in [0.25, 0.3) is 17.3 Å². The fourth-order valence-corrected chi connectivity index (χ4v) is 2.78. The van der Waals surface area contributed by atoms with Crippen LogP contribution in [0, 0.1) is 12.8 Å². The molecule has 0 radical (unpaired) electrons. The van der Waals surface area contributed by atoms with Gasteiger partial charge in [0.2, 0.25) is 5.91 Å². The fourth-order valence-electron chi connectivity index (χ4n) is 2.78. The van der Waals surface area contributed by atoms with Crippen molar-refractivity contribution in [3.63, 3.8) is 0 Å². The second kappa shape index (κ2) is 7.51. The Labute approximate surface area is 153 Å². The molecule has 1 saturated carbocycles. The standard InChI is InChI=1S/C19H24N6O/c1-5-25-9-8-16(24-25)15-11-22-18(21-4)12(2)14(15)10-17(20-3)23-19(26)13-6-7-13/h8-11,13H,3,5-7H2,1-2,4H3,(H,21,22)(H,23,26)/b17-10+. The van der Waals surface area contributed by atoms with Crippen LogP contribution >= 0.6 is 0 Å². The maximum absolute atomic E-state index is 12.1. The van der Waals surface area contributed by atoms with Crippen LogP contribution in [-0.4, -0.2) is 34.4 Å². The lowest BCUT2D eigenvalue weighted by atomic mass is 10.0. The monoisotopic (exact) mass is 352 g/mol. The molecule has 2 aromatic heterocycles. The summed E-state index contributed by atoms with van der Waals surface area (Å²) in [6.07, 6.45) is 7.44. The number of hydrogen-bond donors (Lipinski definition) is 2. The molecule has 2 aromatic rings. The van der Waals surface area contributed by atoms with Crippen molar-refractivity contribution in [1.82, 2.24) is 20.1 Å². The molecule has 3 rings (SSSR count). The molecule has 2 heterocycles. The zero-order chi connectivity index (χ0) is 18.7. The SMILES string of the molecule is C=N/C(=C\c1c(-c2ccn(CC)n2)cnc(NC)c1C)NC(=O)C1CC1. The Kier molecular flexibility index (Phi) is 5.16. The van der Waals surface area contributed by atoms with Gasteiger partial charge < -0.3 is 10.6 Å². The summed E-state index contributed by atoms with van der Waals surface area (Å²) < 4.78 is 1.87. The van der Waals surface area contributed by atoms with Crippen LogP contribution in [-0.2, 0) is 11.3 Å². The van der Waals surface area contributed by atoms with Crippen LogP contribution in [0.3, 0.4) is 0 Å². The summed E-state index contributed by atoms with van der Waals surface area (Å²) in [7, 11) is 1.83. The lowest BCUT2D eigenvalue weighted by Crippen LogP contribution is -2.23. The minimum Gasteiger partial charge on any atom is -0.373 e. The number of aliphatic imine (C=N–C) groups is 1. The molecule has 136 valence electrons. The third-order valence-corrected chi connectivity index (χ3v) is 4.50. The summed E-state index contributed by atoms with van der Waals surface area (Å²) in [5, 5.41) is 10.5. The second-order valence-electron chi connectivity index (χ2n) is 6.32. The highest BCUT2D eigenvalue weighted by atomic mass is 16.2. The molecule has 26 heavy (non-hydrogen) atoms. The van der Waals surface area contributed by atoms with Gasteiger partial charge in [-0.2, -0.15) is 5.10 Å². The van der Waals surface area contributed by atoms with Gasteiger partial charge in [-0.25, -0.2) is 9.98 Å². The van der Waals surface area contributed by atoms with Crippen molar-refractivity contribution in [2.24, 2.45) is 10.9 Å².